The largest absolute Gasteiger partial charge is 0.379 e. The molecule has 0 atom stereocenters. The Kier molecular flexibility index (Phi) is 8.34. The molecule has 1 aromatic heterocycles. The van der Waals surface area contributed by atoms with Crippen LogP contribution in [0.5, 0.6) is 0 Å². The Hall–Kier alpha value is -3.93. The molecule has 5 rings (SSSR count). The number of halogens is 3. The maximum atomic E-state index is 16.1. The molecule has 206 valence electrons. The van der Waals surface area contributed by atoms with Crippen molar-refractivity contribution < 1.29 is 22.7 Å². The molecule has 0 bridgehead atoms. The number of ether oxygens (including phenoxy) is 1. The van der Waals surface area contributed by atoms with Crippen LogP contribution in [0.15, 0.2) is 65.7 Å². The van der Waals surface area contributed by atoms with E-state index in [1.165, 1.54) is 48.2 Å². The predicted molar refractivity (Wildman–Crippen MR) is 149 cm³/mol. The SMILES string of the molecule is CSc1cnc(Nc2ccc(C(N)=O)c(-c3cc(CN4CCOCC4)ccc3F)c2F)nc1-c1ccc(F)cc1. The third kappa shape index (κ3) is 5.96. The van der Waals surface area contributed by atoms with Crippen LogP contribution in [0.3, 0.4) is 0 Å². The molecule has 3 aromatic carbocycles. The average Bonchev–Trinajstić information content (AvgIpc) is 2.96. The van der Waals surface area contributed by atoms with Crippen LogP contribution in [0.25, 0.3) is 22.4 Å². The summed E-state index contributed by atoms with van der Waals surface area (Å²) in [7, 11) is 0. The maximum Gasteiger partial charge on any atom is 0.249 e. The summed E-state index contributed by atoms with van der Waals surface area (Å²) in [5, 5.41) is 2.84. The summed E-state index contributed by atoms with van der Waals surface area (Å²) in [6.45, 7) is 3.17. The highest BCUT2D eigenvalue weighted by molar-refractivity contribution is 7.98. The number of primary amides is 1. The van der Waals surface area contributed by atoms with Crippen molar-refractivity contribution in [2.45, 2.75) is 11.4 Å². The Morgan fingerprint density at radius 2 is 1.82 bits per heavy atom. The second-order valence-electron chi connectivity index (χ2n) is 9.16. The zero-order chi connectivity index (χ0) is 28.2. The van der Waals surface area contributed by atoms with E-state index in [4.69, 9.17) is 10.5 Å². The van der Waals surface area contributed by atoms with E-state index in [9.17, 15) is 9.18 Å². The minimum atomic E-state index is -0.891. The summed E-state index contributed by atoms with van der Waals surface area (Å²) in [6, 6.07) is 12.9. The van der Waals surface area contributed by atoms with E-state index in [0.717, 1.165) is 23.5 Å². The number of nitrogens with zero attached hydrogens (tertiary/aromatic N) is 3. The summed E-state index contributed by atoms with van der Waals surface area (Å²) < 4.78 is 50.1. The smallest absolute Gasteiger partial charge is 0.249 e. The van der Waals surface area contributed by atoms with Crippen LogP contribution < -0.4 is 11.1 Å². The third-order valence-electron chi connectivity index (χ3n) is 6.56. The molecule has 40 heavy (non-hydrogen) atoms. The monoisotopic (exact) mass is 565 g/mol. The third-order valence-corrected chi connectivity index (χ3v) is 7.30. The summed E-state index contributed by atoms with van der Waals surface area (Å²) in [5.41, 5.74) is 6.95. The number of morpholine rings is 1. The minimum Gasteiger partial charge on any atom is -0.379 e. The van der Waals surface area contributed by atoms with Crippen molar-refractivity contribution in [1.82, 2.24) is 14.9 Å². The van der Waals surface area contributed by atoms with E-state index in [0.29, 0.717) is 31.0 Å². The molecule has 1 saturated heterocycles. The maximum absolute atomic E-state index is 16.1. The first-order valence-electron chi connectivity index (χ1n) is 12.5. The van der Waals surface area contributed by atoms with Crippen molar-refractivity contribution in [2.75, 3.05) is 37.9 Å². The number of rotatable bonds is 8. The lowest BCUT2D eigenvalue weighted by molar-refractivity contribution is 0.0342. The molecule has 0 unspecified atom stereocenters. The molecular weight excluding hydrogens is 539 g/mol. The normalized spacial score (nSPS) is 13.8. The molecule has 11 heteroatoms. The summed E-state index contributed by atoms with van der Waals surface area (Å²) in [5.74, 6) is -2.77. The number of nitrogens with two attached hydrogens (primary N) is 1. The summed E-state index contributed by atoms with van der Waals surface area (Å²) in [6.07, 6.45) is 3.43. The number of hydrogen-bond donors (Lipinski definition) is 2. The van der Waals surface area contributed by atoms with Crippen molar-refractivity contribution in [3.8, 4) is 22.4 Å². The second-order valence-corrected chi connectivity index (χ2v) is 10.0. The molecule has 2 heterocycles. The highest BCUT2D eigenvalue weighted by atomic mass is 32.2. The quantitative estimate of drug-likeness (QED) is 0.268. The van der Waals surface area contributed by atoms with Gasteiger partial charge in [0, 0.05) is 42.5 Å². The fraction of sp³-hybridized carbons (Fsp3) is 0.207. The van der Waals surface area contributed by atoms with E-state index < -0.39 is 17.5 Å². The number of carbonyl (C=O) groups is 1. The van der Waals surface area contributed by atoms with Crippen molar-refractivity contribution in [1.29, 1.82) is 0 Å². The molecule has 0 saturated carbocycles. The van der Waals surface area contributed by atoms with Gasteiger partial charge in [0.15, 0.2) is 5.82 Å². The summed E-state index contributed by atoms with van der Waals surface area (Å²) in [4.78, 5) is 24.0. The number of aromatic nitrogens is 2. The van der Waals surface area contributed by atoms with Crippen molar-refractivity contribution >= 4 is 29.3 Å². The molecule has 1 aliphatic rings. The molecule has 0 radical (unpaired) electrons. The van der Waals surface area contributed by atoms with Gasteiger partial charge in [-0.15, -0.1) is 11.8 Å². The molecule has 1 fully saturated rings. The van der Waals surface area contributed by atoms with Crippen molar-refractivity contribution in [2.24, 2.45) is 5.73 Å². The lowest BCUT2D eigenvalue weighted by atomic mass is 9.95. The van der Waals surface area contributed by atoms with Crippen LogP contribution in [-0.2, 0) is 11.3 Å². The Bertz CT molecular complexity index is 1550. The van der Waals surface area contributed by atoms with E-state index >= 15 is 8.78 Å². The van der Waals surface area contributed by atoms with Crippen LogP contribution in [0.1, 0.15) is 15.9 Å². The number of hydrogen-bond acceptors (Lipinski definition) is 7. The van der Waals surface area contributed by atoms with Gasteiger partial charge in [-0.05, 0) is 60.4 Å². The van der Waals surface area contributed by atoms with Gasteiger partial charge < -0.3 is 15.8 Å². The Balaban J connectivity index is 1.53. The summed E-state index contributed by atoms with van der Waals surface area (Å²) >= 11 is 1.41. The molecule has 4 aromatic rings. The predicted octanol–water partition coefficient (Wildman–Crippen LogP) is 5.62. The number of thioether (sulfide) groups is 1. The minimum absolute atomic E-state index is 0.0651. The van der Waals surface area contributed by atoms with Crippen LogP contribution in [0, 0.1) is 17.5 Å². The van der Waals surface area contributed by atoms with Crippen LogP contribution in [0.2, 0.25) is 0 Å². The van der Waals surface area contributed by atoms with Gasteiger partial charge in [0.25, 0.3) is 0 Å². The first-order chi connectivity index (χ1) is 19.3. The molecule has 0 aliphatic carbocycles. The number of benzene rings is 3. The van der Waals surface area contributed by atoms with Gasteiger partial charge >= 0.3 is 0 Å². The van der Waals surface area contributed by atoms with Crippen molar-refractivity contribution in [3.63, 3.8) is 0 Å². The second kappa shape index (κ2) is 12.1. The number of carbonyl (C=O) groups excluding carboxylic acids is 1. The first kappa shape index (κ1) is 27.6. The van der Waals surface area contributed by atoms with Gasteiger partial charge in [-0.3, -0.25) is 9.69 Å². The first-order valence-corrected chi connectivity index (χ1v) is 13.7. The topological polar surface area (TPSA) is 93.4 Å². The lowest BCUT2D eigenvalue weighted by Crippen LogP contribution is -2.35. The Labute approximate surface area is 233 Å². The molecule has 1 aliphatic heterocycles. The molecule has 0 spiro atoms. The Morgan fingerprint density at radius 3 is 2.52 bits per heavy atom. The van der Waals surface area contributed by atoms with Crippen LogP contribution in [-0.4, -0.2) is 53.3 Å². The van der Waals surface area contributed by atoms with E-state index in [2.05, 4.69) is 20.2 Å². The van der Waals surface area contributed by atoms with E-state index in [1.807, 2.05) is 6.26 Å². The van der Waals surface area contributed by atoms with Gasteiger partial charge in [0.05, 0.1) is 35.1 Å². The molecule has 3 N–H and O–H groups in total. The molecule has 1 amide bonds. The zero-order valence-corrected chi connectivity index (χ0v) is 22.4. The molecule has 7 nitrogen and oxygen atoms in total. The van der Waals surface area contributed by atoms with Crippen LogP contribution in [0.4, 0.5) is 24.8 Å². The van der Waals surface area contributed by atoms with Gasteiger partial charge in [-0.2, -0.15) is 0 Å². The standard InChI is InChI=1S/C29H26F3N5O2S/c1-40-24-15-34-29(36-27(24)18-3-5-19(30)6-4-18)35-23-9-7-20(28(33)38)25(26(23)32)21-14-17(2-8-22(21)31)16-37-10-12-39-13-11-37/h2-9,14-15H,10-13,16H2,1H3,(H2,33,38)(H,34,35,36). The number of anilines is 2. The number of nitrogens with one attached hydrogen (secondary N) is 1. The average molecular weight is 566 g/mol. The van der Waals surface area contributed by atoms with Gasteiger partial charge in [-0.1, -0.05) is 6.07 Å². The highest BCUT2D eigenvalue weighted by Gasteiger charge is 2.23. The van der Waals surface area contributed by atoms with E-state index in [1.54, 1.807) is 24.4 Å². The fourth-order valence-electron chi connectivity index (χ4n) is 4.54. The van der Waals surface area contributed by atoms with Crippen molar-refractivity contribution in [3.05, 3.63) is 89.4 Å². The zero-order valence-electron chi connectivity index (χ0n) is 21.6. The van der Waals surface area contributed by atoms with Gasteiger partial charge in [0.2, 0.25) is 11.9 Å². The van der Waals surface area contributed by atoms with Gasteiger partial charge in [0.1, 0.15) is 11.6 Å². The van der Waals surface area contributed by atoms with Crippen LogP contribution >= 0.6 is 11.8 Å². The lowest BCUT2D eigenvalue weighted by Gasteiger charge is -2.26. The number of amides is 1. The van der Waals surface area contributed by atoms with Gasteiger partial charge in [-0.25, -0.2) is 23.1 Å². The fourth-order valence-corrected chi connectivity index (χ4v) is 5.05. The van der Waals surface area contributed by atoms with E-state index in [-0.39, 0.29) is 34.1 Å². The highest BCUT2D eigenvalue weighted by Crippen LogP contribution is 2.36. The Morgan fingerprint density at radius 1 is 1.07 bits per heavy atom. The molecular formula is C29H26F3N5O2S.